The van der Waals surface area contributed by atoms with Gasteiger partial charge in [-0.25, -0.2) is 9.97 Å². The van der Waals surface area contributed by atoms with Crippen LogP contribution in [0.15, 0.2) is 42.6 Å². The summed E-state index contributed by atoms with van der Waals surface area (Å²) in [5, 5.41) is 9.61. The van der Waals surface area contributed by atoms with Crippen LogP contribution in [0, 0.1) is 5.92 Å². The number of anilines is 1. The van der Waals surface area contributed by atoms with Crippen LogP contribution in [0.1, 0.15) is 37.3 Å². The summed E-state index contributed by atoms with van der Waals surface area (Å²) in [5.41, 5.74) is 1.43. The van der Waals surface area contributed by atoms with Crippen LogP contribution in [0.3, 0.4) is 0 Å². The molecule has 0 bridgehead atoms. The molecule has 0 unspecified atom stereocenters. The first-order valence-corrected chi connectivity index (χ1v) is 8.02. The van der Waals surface area contributed by atoms with Crippen molar-refractivity contribution >= 4 is 5.82 Å². The standard InChI is InChI=1S/C18H23N3O/c1-14(22)18-19-10-7-17(20-18)21-11-8-16(9-12-21)13-15-5-3-2-4-6-15/h2-7,10,14,16,22H,8-9,11-13H2,1H3/t14-/m1/s1. The quantitative estimate of drug-likeness (QED) is 0.942. The lowest BCUT2D eigenvalue weighted by molar-refractivity contribution is 0.189. The Bertz CT molecular complexity index is 592. The Balaban J connectivity index is 1.58. The normalized spacial score (nSPS) is 17.5. The van der Waals surface area contributed by atoms with Crippen LogP contribution < -0.4 is 4.90 Å². The van der Waals surface area contributed by atoms with Gasteiger partial charge < -0.3 is 10.0 Å². The van der Waals surface area contributed by atoms with Gasteiger partial charge in [-0.2, -0.15) is 0 Å². The Labute approximate surface area is 131 Å². The van der Waals surface area contributed by atoms with Gasteiger partial charge >= 0.3 is 0 Å². The Morgan fingerprint density at radius 3 is 2.59 bits per heavy atom. The second kappa shape index (κ2) is 6.88. The molecule has 2 aromatic rings. The summed E-state index contributed by atoms with van der Waals surface area (Å²) in [5.74, 6) is 2.18. The molecule has 4 nitrogen and oxygen atoms in total. The average molecular weight is 297 g/mol. The molecule has 1 N–H and O–H groups in total. The fourth-order valence-electron chi connectivity index (χ4n) is 3.05. The van der Waals surface area contributed by atoms with Crippen LogP contribution in [0.4, 0.5) is 5.82 Å². The van der Waals surface area contributed by atoms with Crippen LogP contribution in [0.5, 0.6) is 0 Å². The molecule has 1 aliphatic heterocycles. The van der Waals surface area contributed by atoms with E-state index in [1.807, 2.05) is 6.07 Å². The van der Waals surface area contributed by atoms with Crippen molar-refractivity contribution in [2.75, 3.05) is 18.0 Å². The fourth-order valence-corrected chi connectivity index (χ4v) is 3.05. The maximum atomic E-state index is 9.61. The smallest absolute Gasteiger partial charge is 0.158 e. The molecule has 116 valence electrons. The molecule has 1 aromatic heterocycles. The average Bonchev–Trinajstić information content (AvgIpc) is 2.56. The third-order valence-electron chi connectivity index (χ3n) is 4.34. The van der Waals surface area contributed by atoms with Gasteiger partial charge in [0.1, 0.15) is 11.9 Å². The Hall–Kier alpha value is -1.94. The molecular formula is C18H23N3O. The molecule has 1 fully saturated rings. The first kappa shape index (κ1) is 15.0. The van der Waals surface area contributed by atoms with Crippen LogP contribution in [0.25, 0.3) is 0 Å². The number of benzene rings is 1. The number of hydrogen-bond donors (Lipinski definition) is 1. The van der Waals surface area contributed by atoms with E-state index in [1.54, 1.807) is 13.1 Å². The lowest BCUT2D eigenvalue weighted by Gasteiger charge is -2.33. The van der Waals surface area contributed by atoms with E-state index in [4.69, 9.17) is 0 Å². The van der Waals surface area contributed by atoms with E-state index in [1.165, 1.54) is 18.4 Å². The molecule has 0 spiro atoms. The number of aromatic nitrogens is 2. The van der Waals surface area contributed by atoms with E-state index >= 15 is 0 Å². The highest BCUT2D eigenvalue weighted by Gasteiger charge is 2.21. The first-order valence-electron chi connectivity index (χ1n) is 8.02. The van der Waals surface area contributed by atoms with Gasteiger partial charge in [0.2, 0.25) is 0 Å². The second-order valence-corrected chi connectivity index (χ2v) is 6.07. The predicted octanol–water partition coefficient (Wildman–Crippen LogP) is 2.99. The predicted molar refractivity (Wildman–Crippen MR) is 87.7 cm³/mol. The van der Waals surface area contributed by atoms with Crippen molar-refractivity contribution < 1.29 is 5.11 Å². The molecule has 1 aromatic carbocycles. The van der Waals surface area contributed by atoms with Gasteiger partial charge in [0, 0.05) is 19.3 Å². The van der Waals surface area contributed by atoms with E-state index in [-0.39, 0.29) is 0 Å². The molecular weight excluding hydrogens is 274 g/mol. The summed E-state index contributed by atoms with van der Waals surface area (Å²) < 4.78 is 0. The number of aliphatic hydroxyl groups excluding tert-OH is 1. The van der Waals surface area contributed by atoms with E-state index in [9.17, 15) is 5.11 Å². The molecule has 1 aliphatic rings. The van der Waals surface area contributed by atoms with Crippen LogP contribution in [-0.4, -0.2) is 28.2 Å². The maximum absolute atomic E-state index is 9.61. The van der Waals surface area contributed by atoms with E-state index < -0.39 is 6.10 Å². The van der Waals surface area contributed by atoms with Crippen molar-refractivity contribution in [3.8, 4) is 0 Å². The molecule has 0 saturated carbocycles. The number of nitrogens with zero attached hydrogens (tertiary/aromatic N) is 3. The molecule has 2 heterocycles. The Morgan fingerprint density at radius 1 is 1.18 bits per heavy atom. The zero-order chi connectivity index (χ0) is 15.4. The summed E-state index contributed by atoms with van der Waals surface area (Å²) in [6, 6.07) is 12.7. The van der Waals surface area contributed by atoms with Gasteiger partial charge in [-0.15, -0.1) is 0 Å². The highest BCUT2D eigenvalue weighted by molar-refractivity contribution is 5.38. The van der Waals surface area contributed by atoms with Gasteiger partial charge in [0.25, 0.3) is 0 Å². The van der Waals surface area contributed by atoms with Crippen molar-refractivity contribution in [1.82, 2.24) is 9.97 Å². The highest BCUT2D eigenvalue weighted by Crippen LogP contribution is 2.25. The molecule has 0 amide bonds. The van der Waals surface area contributed by atoms with Crippen LogP contribution in [0.2, 0.25) is 0 Å². The van der Waals surface area contributed by atoms with Gasteiger partial charge in [-0.05, 0) is 43.7 Å². The first-order chi connectivity index (χ1) is 10.7. The van der Waals surface area contributed by atoms with Crippen molar-refractivity contribution in [1.29, 1.82) is 0 Å². The SMILES string of the molecule is C[C@@H](O)c1nccc(N2CCC(Cc3ccccc3)CC2)n1. The largest absolute Gasteiger partial charge is 0.385 e. The van der Waals surface area contributed by atoms with Gasteiger partial charge in [-0.1, -0.05) is 30.3 Å². The lowest BCUT2D eigenvalue weighted by Crippen LogP contribution is -2.35. The summed E-state index contributed by atoms with van der Waals surface area (Å²) in [6.07, 6.45) is 4.65. The number of hydrogen-bond acceptors (Lipinski definition) is 4. The van der Waals surface area contributed by atoms with Crippen molar-refractivity contribution in [2.24, 2.45) is 5.92 Å². The molecule has 3 rings (SSSR count). The molecule has 4 heteroatoms. The number of aliphatic hydroxyl groups is 1. The minimum absolute atomic E-state index is 0.504. The highest BCUT2D eigenvalue weighted by atomic mass is 16.3. The van der Waals surface area contributed by atoms with Gasteiger partial charge in [0.05, 0.1) is 0 Å². The van der Waals surface area contributed by atoms with Crippen molar-refractivity contribution in [3.63, 3.8) is 0 Å². The monoisotopic (exact) mass is 297 g/mol. The molecule has 0 radical (unpaired) electrons. The fraction of sp³-hybridized carbons (Fsp3) is 0.444. The van der Waals surface area contributed by atoms with Crippen LogP contribution in [-0.2, 0) is 6.42 Å². The third-order valence-corrected chi connectivity index (χ3v) is 4.34. The molecule has 22 heavy (non-hydrogen) atoms. The minimum atomic E-state index is -0.615. The summed E-state index contributed by atoms with van der Waals surface area (Å²) in [7, 11) is 0. The van der Waals surface area contributed by atoms with Crippen molar-refractivity contribution in [3.05, 3.63) is 54.0 Å². The van der Waals surface area contributed by atoms with E-state index in [0.717, 1.165) is 31.2 Å². The Morgan fingerprint density at radius 2 is 1.91 bits per heavy atom. The summed E-state index contributed by atoms with van der Waals surface area (Å²) in [4.78, 5) is 10.9. The Kier molecular flexibility index (Phi) is 4.68. The number of piperidine rings is 1. The topological polar surface area (TPSA) is 49.3 Å². The lowest BCUT2D eigenvalue weighted by atomic mass is 9.90. The maximum Gasteiger partial charge on any atom is 0.158 e. The zero-order valence-corrected chi connectivity index (χ0v) is 13.0. The molecule has 1 saturated heterocycles. The molecule has 1 atom stereocenters. The summed E-state index contributed by atoms with van der Waals surface area (Å²) in [6.45, 7) is 3.74. The second-order valence-electron chi connectivity index (χ2n) is 6.07. The van der Waals surface area contributed by atoms with E-state index in [2.05, 4.69) is 45.2 Å². The van der Waals surface area contributed by atoms with Gasteiger partial charge in [-0.3, -0.25) is 0 Å². The minimum Gasteiger partial charge on any atom is -0.385 e. The van der Waals surface area contributed by atoms with E-state index in [0.29, 0.717) is 5.82 Å². The van der Waals surface area contributed by atoms with Crippen LogP contribution >= 0.6 is 0 Å². The zero-order valence-electron chi connectivity index (χ0n) is 13.0. The number of rotatable bonds is 4. The summed E-state index contributed by atoms with van der Waals surface area (Å²) >= 11 is 0. The van der Waals surface area contributed by atoms with Crippen molar-refractivity contribution in [2.45, 2.75) is 32.3 Å². The molecule has 0 aliphatic carbocycles. The van der Waals surface area contributed by atoms with Gasteiger partial charge in [0.15, 0.2) is 5.82 Å². The third kappa shape index (κ3) is 3.63.